The molecule has 4 N–H and O–H groups in total. The number of nitrogens with one attached hydrogen (secondary N) is 1. The average molecular weight is 336 g/mol. The number of hydrogen-bond acceptors (Lipinski definition) is 8. The highest BCUT2D eigenvalue weighted by atomic mass is 32.2. The van der Waals surface area contributed by atoms with E-state index in [9.17, 15) is 14.4 Å². The summed E-state index contributed by atoms with van der Waals surface area (Å²) in [5.74, 6) is -0.642. The van der Waals surface area contributed by atoms with Crippen molar-refractivity contribution in [1.29, 1.82) is 0 Å². The van der Waals surface area contributed by atoms with Crippen LogP contribution in [0.5, 0.6) is 0 Å². The first kappa shape index (κ1) is 20.7. The largest absolute Gasteiger partial charge is 0.462 e. The van der Waals surface area contributed by atoms with Crippen LogP contribution >= 0.6 is 11.8 Å². The zero-order chi connectivity index (χ0) is 17.1. The van der Waals surface area contributed by atoms with Crippen LogP contribution in [0.3, 0.4) is 0 Å². The Morgan fingerprint density at radius 3 is 2.36 bits per heavy atom. The van der Waals surface area contributed by atoms with E-state index < -0.39 is 24.1 Å². The van der Waals surface area contributed by atoms with Gasteiger partial charge in [-0.1, -0.05) is 0 Å². The van der Waals surface area contributed by atoms with Crippen molar-refractivity contribution in [3.8, 4) is 0 Å². The molecule has 0 saturated carbocycles. The lowest BCUT2D eigenvalue weighted by molar-refractivity contribution is -0.154. The first-order valence-corrected chi connectivity index (χ1v) is 7.96. The van der Waals surface area contributed by atoms with Crippen LogP contribution in [0.25, 0.3) is 0 Å². The highest BCUT2D eigenvalue weighted by Gasteiger charge is 2.18. The van der Waals surface area contributed by atoms with Crippen molar-refractivity contribution < 1.29 is 29.0 Å². The molecule has 0 aliphatic heterocycles. The molecule has 8 nitrogen and oxygen atoms in total. The fourth-order valence-electron chi connectivity index (χ4n) is 1.36. The molecule has 0 saturated heterocycles. The molecule has 0 fully saturated rings. The van der Waals surface area contributed by atoms with E-state index >= 15 is 0 Å². The van der Waals surface area contributed by atoms with E-state index in [1.54, 1.807) is 6.92 Å². The summed E-state index contributed by atoms with van der Waals surface area (Å²) in [6.45, 7) is 3.99. The summed E-state index contributed by atoms with van der Waals surface area (Å²) in [6, 6.07) is -1.10. The van der Waals surface area contributed by atoms with Gasteiger partial charge < -0.3 is 25.6 Å². The standard InChI is InChI=1S/C13H24N2O6S/c1-8(4-16)15-13(19)12(14)7-22-6-11(21-10(3)18)5-20-9(2)17/h8,11-12,16H,4-7,14H2,1-3H3,(H,15,19). The molecule has 0 aliphatic rings. The molecule has 0 aliphatic carbocycles. The molecule has 0 radical (unpaired) electrons. The van der Waals surface area contributed by atoms with Gasteiger partial charge in [-0.05, 0) is 6.92 Å². The lowest BCUT2D eigenvalue weighted by atomic mass is 10.3. The number of rotatable bonds is 10. The number of aliphatic hydroxyl groups excluding tert-OH is 1. The van der Waals surface area contributed by atoms with E-state index in [2.05, 4.69) is 5.32 Å². The minimum atomic E-state index is -0.745. The van der Waals surface area contributed by atoms with Crippen LogP contribution in [0.1, 0.15) is 20.8 Å². The second kappa shape index (κ2) is 11.3. The van der Waals surface area contributed by atoms with Gasteiger partial charge in [-0.2, -0.15) is 11.8 Å². The van der Waals surface area contributed by atoms with Gasteiger partial charge in [0.2, 0.25) is 5.91 Å². The highest BCUT2D eigenvalue weighted by Crippen LogP contribution is 2.09. The number of esters is 2. The molecule has 0 bridgehead atoms. The van der Waals surface area contributed by atoms with Crippen LogP contribution in [0.2, 0.25) is 0 Å². The molecule has 3 unspecified atom stereocenters. The Morgan fingerprint density at radius 2 is 1.86 bits per heavy atom. The lowest BCUT2D eigenvalue weighted by Crippen LogP contribution is -2.47. The van der Waals surface area contributed by atoms with Crippen molar-refractivity contribution in [1.82, 2.24) is 5.32 Å². The van der Waals surface area contributed by atoms with Crippen molar-refractivity contribution in [3.05, 3.63) is 0 Å². The zero-order valence-electron chi connectivity index (χ0n) is 13.0. The molecular formula is C13H24N2O6S. The second-order valence-electron chi connectivity index (χ2n) is 4.77. The van der Waals surface area contributed by atoms with Crippen LogP contribution in [-0.2, 0) is 23.9 Å². The number of thioether (sulfide) groups is 1. The van der Waals surface area contributed by atoms with Crippen LogP contribution in [-0.4, -0.2) is 65.9 Å². The SMILES string of the molecule is CC(=O)OCC(CSCC(N)C(=O)NC(C)CO)OC(C)=O. The third-order valence-corrected chi connectivity index (χ3v) is 3.61. The maximum Gasteiger partial charge on any atom is 0.303 e. The smallest absolute Gasteiger partial charge is 0.303 e. The number of ether oxygens (including phenoxy) is 2. The monoisotopic (exact) mass is 336 g/mol. The minimum Gasteiger partial charge on any atom is -0.462 e. The van der Waals surface area contributed by atoms with Crippen LogP contribution < -0.4 is 11.1 Å². The lowest BCUT2D eigenvalue weighted by Gasteiger charge is -2.18. The maximum absolute atomic E-state index is 11.7. The van der Waals surface area contributed by atoms with Gasteiger partial charge in [0.15, 0.2) is 0 Å². The Bertz CT molecular complexity index is 380. The van der Waals surface area contributed by atoms with E-state index in [1.165, 1.54) is 25.6 Å². The zero-order valence-corrected chi connectivity index (χ0v) is 13.9. The van der Waals surface area contributed by atoms with E-state index in [0.717, 1.165) is 0 Å². The highest BCUT2D eigenvalue weighted by molar-refractivity contribution is 7.99. The van der Waals surface area contributed by atoms with Crippen molar-refractivity contribution in [3.63, 3.8) is 0 Å². The van der Waals surface area contributed by atoms with Crippen molar-refractivity contribution in [2.75, 3.05) is 24.7 Å². The van der Waals surface area contributed by atoms with Gasteiger partial charge in [-0.25, -0.2) is 0 Å². The van der Waals surface area contributed by atoms with Gasteiger partial charge in [0.05, 0.1) is 12.6 Å². The summed E-state index contributed by atoms with van der Waals surface area (Å²) in [5, 5.41) is 11.4. The molecular weight excluding hydrogens is 312 g/mol. The Balaban J connectivity index is 4.16. The normalized spacial score (nSPS) is 14.6. The molecule has 3 atom stereocenters. The predicted molar refractivity (Wildman–Crippen MR) is 82.2 cm³/mol. The molecule has 1 amide bonds. The van der Waals surface area contributed by atoms with Crippen molar-refractivity contribution in [2.24, 2.45) is 5.73 Å². The van der Waals surface area contributed by atoms with Crippen LogP contribution in [0.15, 0.2) is 0 Å². The third-order valence-electron chi connectivity index (χ3n) is 2.41. The maximum atomic E-state index is 11.7. The molecule has 0 aromatic rings. The van der Waals surface area contributed by atoms with Crippen LogP contribution in [0, 0.1) is 0 Å². The van der Waals surface area contributed by atoms with Crippen LogP contribution in [0.4, 0.5) is 0 Å². The molecule has 128 valence electrons. The fourth-order valence-corrected chi connectivity index (χ4v) is 2.33. The van der Waals surface area contributed by atoms with Gasteiger partial charge in [0.1, 0.15) is 12.7 Å². The van der Waals surface area contributed by atoms with Gasteiger partial charge in [0.25, 0.3) is 0 Å². The number of nitrogens with two attached hydrogens (primary N) is 1. The molecule has 0 rings (SSSR count). The number of aliphatic hydroxyl groups is 1. The van der Waals surface area contributed by atoms with Gasteiger partial charge in [-0.15, -0.1) is 0 Å². The summed E-state index contributed by atoms with van der Waals surface area (Å²) in [6.07, 6.45) is -0.585. The number of amides is 1. The first-order chi connectivity index (χ1) is 10.3. The number of carbonyl (C=O) groups is 3. The number of hydrogen-bond donors (Lipinski definition) is 3. The van der Waals surface area contributed by atoms with Gasteiger partial charge in [-0.3, -0.25) is 14.4 Å². The summed E-state index contributed by atoms with van der Waals surface area (Å²) >= 11 is 1.31. The fraction of sp³-hybridized carbons (Fsp3) is 0.769. The van der Waals surface area contributed by atoms with E-state index in [4.69, 9.17) is 20.3 Å². The summed E-state index contributed by atoms with van der Waals surface area (Å²) in [5.41, 5.74) is 5.72. The van der Waals surface area contributed by atoms with Gasteiger partial charge in [0, 0.05) is 31.4 Å². The quantitative estimate of drug-likeness (QED) is 0.435. The van der Waals surface area contributed by atoms with E-state index in [1.807, 2.05) is 0 Å². The summed E-state index contributed by atoms with van der Waals surface area (Å²) in [7, 11) is 0. The molecule has 22 heavy (non-hydrogen) atoms. The Kier molecular flexibility index (Phi) is 10.6. The van der Waals surface area contributed by atoms with E-state index in [-0.39, 0.29) is 25.2 Å². The van der Waals surface area contributed by atoms with E-state index in [0.29, 0.717) is 11.5 Å². The van der Waals surface area contributed by atoms with Gasteiger partial charge >= 0.3 is 11.9 Å². The Labute approximate surface area is 134 Å². The second-order valence-corrected chi connectivity index (χ2v) is 5.85. The number of carbonyl (C=O) groups excluding carboxylic acids is 3. The van der Waals surface area contributed by atoms with Crippen molar-refractivity contribution in [2.45, 2.75) is 39.0 Å². The average Bonchev–Trinajstić information content (AvgIpc) is 2.43. The molecule has 0 aromatic heterocycles. The molecule has 9 heteroatoms. The Morgan fingerprint density at radius 1 is 1.23 bits per heavy atom. The Hall–Kier alpha value is -1.32. The minimum absolute atomic E-state index is 0.0368. The topological polar surface area (TPSA) is 128 Å². The molecule has 0 spiro atoms. The molecule has 0 heterocycles. The van der Waals surface area contributed by atoms with Crippen molar-refractivity contribution >= 4 is 29.6 Å². The summed E-state index contributed by atoms with van der Waals surface area (Å²) in [4.78, 5) is 33.4. The summed E-state index contributed by atoms with van der Waals surface area (Å²) < 4.78 is 9.82. The molecule has 0 aromatic carbocycles. The third kappa shape index (κ3) is 10.4. The predicted octanol–water partition coefficient (Wildman–Crippen LogP) is -0.961. The first-order valence-electron chi connectivity index (χ1n) is 6.81.